The van der Waals surface area contributed by atoms with Crippen LogP contribution in [0.2, 0.25) is 0 Å². The first-order valence-electron chi connectivity index (χ1n) is 10.8. The van der Waals surface area contributed by atoms with E-state index in [4.69, 9.17) is 0 Å². The summed E-state index contributed by atoms with van der Waals surface area (Å²) in [5.41, 5.74) is 0.303. The molecule has 0 aliphatic heterocycles. The minimum absolute atomic E-state index is 0.0560. The molecule has 0 spiro atoms. The molecule has 6 rings (SSSR count). The van der Waals surface area contributed by atoms with Crippen LogP contribution in [-0.4, -0.2) is 20.7 Å². The van der Waals surface area contributed by atoms with Crippen LogP contribution in [0.1, 0.15) is 95.5 Å². The molecular formula is C21H32N4O. The normalized spacial score (nSPS) is 37.2. The second-order valence-corrected chi connectivity index (χ2v) is 9.92. The van der Waals surface area contributed by atoms with Gasteiger partial charge in [0.05, 0.1) is 6.04 Å². The predicted octanol–water partition coefficient (Wildman–Crippen LogP) is 4.18. The Bertz CT molecular complexity index is 640. The van der Waals surface area contributed by atoms with Crippen LogP contribution in [0.5, 0.6) is 0 Å². The lowest BCUT2D eigenvalue weighted by Crippen LogP contribution is -2.48. The molecule has 5 aliphatic carbocycles. The SMILES string of the molecule is CC(NC(=O)CC12CC3CC(CC(C3)C1)C2)c1nncn1C1CCCC1. The smallest absolute Gasteiger partial charge is 0.221 e. The maximum absolute atomic E-state index is 12.9. The van der Waals surface area contributed by atoms with Crippen LogP contribution < -0.4 is 5.32 Å². The number of nitrogens with one attached hydrogen (secondary N) is 1. The largest absolute Gasteiger partial charge is 0.346 e. The van der Waals surface area contributed by atoms with Gasteiger partial charge in [0.2, 0.25) is 5.91 Å². The molecule has 0 saturated heterocycles. The molecule has 0 aromatic carbocycles. The van der Waals surface area contributed by atoms with E-state index in [0.717, 1.165) is 30.0 Å². The van der Waals surface area contributed by atoms with Crippen molar-refractivity contribution in [3.8, 4) is 0 Å². The van der Waals surface area contributed by atoms with Crippen LogP contribution >= 0.6 is 0 Å². The molecule has 1 aromatic rings. The van der Waals surface area contributed by atoms with E-state index >= 15 is 0 Å². The third-order valence-corrected chi connectivity index (χ3v) is 7.78. The predicted molar refractivity (Wildman–Crippen MR) is 99.3 cm³/mol. The van der Waals surface area contributed by atoms with Crippen molar-refractivity contribution in [1.29, 1.82) is 0 Å². The number of aromatic nitrogens is 3. The van der Waals surface area contributed by atoms with Crippen LogP contribution in [0, 0.1) is 23.2 Å². The molecule has 1 heterocycles. The van der Waals surface area contributed by atoms with E-state index in [1.165, 1.54) is 64.2 Å². The molecule has 5 fully saturated rings. The van der Waals surface area contributed by atoms with Crippen LogP contribution in [-0.2, 0) is 4.79 Å². The number of carbonyl (C=O) groups excluding carboxylic acids is 1. The van der Waals surface area contributed by atoms with Crippen LogP contribution in [0.25, 0.3) is 0 Å². The van der Waals surface area contributed by atoms with Crippen LogP contribution in [0.15, 0.2) is 6.33 Å². The quantitative estimate of drug-likeness (QED) is 0.861. The molecule has 5 nitrogen and oxygen atoms in total. The van der Waals surface area contributed by atoms with Crippen molar-refractivity contribution in [2.75, 3.05) is 0 Å². The van der Waals surface area contributed by atoms with E-state index in [1.54, 1.807) is 0 Å². The third kappa shape index (κ3) is 2.97. The first kappa shape index (κ1) is 16.8. The van der Waals surface area contributed by atoms with E-state index in [2.05, 4.69) is 27.0 Å². The van der Waals surface area contributed by atoms with Crippen LogP contribution in [0.4, 0.5) is 0 Å². The minimum Gasteiger partial charge on any atom is -0.346 e. The number of carbonyl (C=O) groups is 1. The second kappa shape index (κ2) is 6.35. The molecule has 1 amide bonds. The lowest BCUT2D eigenvalue weighted by atomic mass is 9.49. The van der Waals surface area contributed by atoms with Gasteiger partial charge >= 0.3 is 0 Å². The number of nitrogens with zero attached hydrogens (tertiary/aromatic N) is 3. The summed E-state index contributed by atoms with van der Waals surface area (Å²) in [5.74, 6) is 3.85. The van der Waals surface area contributed by atoms with Gasteiger partial charge in [0, 0.05) is 12.5 Å². The van der Waals surface area contributed by atoms with E-state index in [1.807, 2.05) is 6.33 Å². The van der Waals surface area contributed by atoms with Gasteiger partial charge in [0.25, 0.3) is 0 Å². The lowest BCUT2D eigenvalue weighted by Gasteiger charge is -2.56. The Labute approximate surface area is 156 Å². The molecular weight excluding hydrogens is 324 g/mol. The number of amides is 1. The molecule has 4 bridgehead atoms. The highest BCUT2D eigenvalue weighted by atomic mass is 16.1. The molecule has 5 heteroatoms. The van der Waals surface area contributed by atoms with Gasteiger partial charge in [0.15, 0.2) is 5.82 Å². The van der Waals surface area contributed by atoms with Crippen molar-refractivity contribution in [1.82, 2.24) is 20.1 Å². The fourth-order valence-electron chi connectivity index (χ4n) is 7.23. The van der Waals surface area contributed by atoms with Crippen molar-refractivity contribution in [2.45, 2.75) is 89.6 Å². The van der Waals surface area contributed by atoms with Gasteiger partial charge in [-0.2, -0.15) is 0 Å². The Morgan fingerprint density at radius 2 is 1.81 bits per heavy atom. The maximum Gasteiger partial charge on any atom is 0.221 e. The van der Waals surface area contributed by atoms with Crippen molar-refractivity contribution in [3.63, 3.8) is 0 Å². The molecule has 142 valence electrons. The zero-order chi connectivity index (χ0) is 17.7. The van der Waals surface area contributed by atoms with Crippen molar-refractivity contribution < 1.29 is 4.79 Å². The third-order valence-electron chi connectivity index (χ3n) is 7.78. The van der Waals surface area contributed by atoms with Gasteiger partial charge in [-0.1, -0.05) is 12.8 Å². The average molecular weight is 357 g/mol. The summed E-state index contributed by atoms with van der Waals surface area (Å²) in [6, 6.07) is 0.460. The highest BCUT2D eigenvalue weighted by Gasteiger charge is 2.51. The van der Waals surface area contributed by atoms with E-state index < -0.39 is 0 Å². The standard InChI is InChI=1S/C21H32N4O/c1-14(20-24-22-13-25(20)18-4-2-3-5-18)23-19(26)12-21-9-15-6-16(10-21)8-17(7-15)11-21/h13-18H,2-12H2,1H3,(H,23,26). The Hall–Kier alpha value is -1.39. The molecule has 1 unspecified atom stereocenters. The summed E-state index contributed by atoms with van der Waals surface area (Å²) in [4.78, 5) is 12.9. The van der Waals surface area contributed by atoms with E-state index in [-0.39, 0.29) is 11.9 Å². The van der Waals surface area contributed by atoms with Gasteiger partial charge in [0.1, 0.15) is 6.33 Å². The lowest BCUT2D eigenvalue weighted by molar-refractivity contribution is -0.130. The summed E-state index contributed by atoms with van der Waals surface area (Å²) >= 11 is 0. The summed E-state index contributed by atoms with van der Waals surface area (Å²) in [6.07, 6.45) is 15.7. The zero-order valence-electron chi connectivity index (χ0n) is 16.0. The van der Waals surface area contributed by atoms with Crippen molar-refractivity contribution in [3.05, 3.63) is 12.2 Å². The topological polar surface area (TPSA) is 59.8 Å². The van der Waals surface area contributed by atoms with Gasteiger partial charge < -0.3 is 9.88 Å². The van der Waals surface area contributed by atoms with Gasteiger partial charge in [-0.15, -0.1) is 10.2 Å². The van der Waals surface area contributed by atoms with Crippen molar-refractivity contribution in [2.24, 2.45) is 23.2 Å². The molecule has 5 aliphatic rings. The molecule has 1 aromatic heterocycles. The Morgan fingerprint density at radius 1 is 1.19 bits per heavy atom. The van der Waals surface area contributed by atoms with Gasteiger partial charge in [-0.3, -0.25) is 4.79 Å². The van der Waals surface area contributed by atoms with E-state index in [0.29, 0.717) is 11.5 Å². The fraction of sp³-hybridized carbons (Fsp3) is 0.857. The molecule has 5 saturated carbocycles. The Morgan fingerprint density at radius 3 is 2.42 bits per heavy atom. The first-order chi connectivity index (χ1) is 12.6. The van der Waals surface area contributed by atoms with Crippen LogP contribution in [0.3, 0.4) is 0 Å². The highest BCUT2D eigenvalue weighted by Crippen LogP contribution is 2.61. The van der Waals surface area contributed by atoms with Gasteiger partial charge in [-0.25, -0.2) is 0 Å². The maximum atomic E-state index is 12.9. The minimum atomic E-state index is -0.0560. The van der Waals surface area contributed by atoms with E-state index in [9.17, 15) is 4.79 Å². The summed E-state index contributed by atoms with van der Waals surface area (Å²) in [6.45, 7) is 2.06. The number of rotatable bonds is 5. The summed E-state index contributed by atoms with van der Waals surface area (Å²) in [5, 5.41) is 11.7. The zero-order valence-corrected chi connectivity index (χ0v) is 16.0. The molecule has 1 N–H and O–H groups in total. The summed E-state index contributed by atoms with van der Waals surface area (Å²) < 4.78 is 2.21. The fourth-order valence-corrected chi connectivity index (χ4v) is 7.23. The molecule has 1 atom stereocenters. The Balaban J connectivity index is 1.24. The monoisotopic (exact) mass is 356 g/mol. The number of hydrogen-bond donors (Lipinski definition) is 1. The summed E-state index contributed by atoms with van der Waals surface area (Å²) in [7, 11) is 0. The van der Waals surface area contributed by atoms with Crippen molar-refractivity contribution >= 4 is 5.91 Å². The molecule has 26 heavy (non-hydrogen) atoms. The molecule has 0 radical (unpaired) electrons. The Kier molecular flexibility index (Phi) is 4.09. The number of hydrogen-bond acceptors (Lipinski definition) is 3. The average Bonchev–Trinajstić information content (AvgIpc) is 3.24. The second-order valence-electron chi connectivity index (χ2n) is 9.92. The first-order valence-corrected chi connectivity index (χ1v) is 10.8. The van der Waals surface area contributed by atoms with Gasteiger partial charge in [-0.05, 0) is 81.5 Å². The highest BCUT2D eigenvalue weighted by molar-refractivity contribution is 5.77.